The number of thiophene rings is 1. The molecule has 27 heavy (non-hydrogen) atoms. The highest BCUT2D eigenvalue weighted by Gasteiger charge is 2.19. The van der Waals surface area contributed by atoms with Crippen molar-refractivity contribution in [3.05, 3.63) is 51.9 Å². The second-order valence-corrected chi connectivity index (χ2v) is 7.75. The third-order valence-electron chi connectivity index (χ3n) is 3.63. The maximum atomic E-state index is 12.3. The largest absolute Gasteiger partial charge is 0.320 e. The summed E-state index contributed by atoms with van der Waals surface area (Å²) in [7, 11) is 0. The summed E-state index contributed by atoms with van der Waals surface area (Å²) in [5.41, 5.74) is 0.0406. The van der Waals surface area contributed by atoms with E-state index in [-0.39, 0.29) is 29.1 Å². The van der Waals surface area contributed by atoms with Gasteiger partial charge >= 0.3 is 0 Å². The molecule has 0 saturated heterocycles. The molecule has 3 rings (SSSR count). The van der Waals surface area contributed by atoms with Gasteiger partial charge in [-0.2, -0.15) is 0 Å². The second kappa shape index (κ2) is 8.31. The van der Waals surface area contributed by atoms with Gasteiger partial charge < -0.3 is 5.32 Å². The molecule has 0 saturated carbocycles. The van der Waals surface area contributed by atoms with E-state index in [9.17, 15) is 14.9 Å². The van der Waals surface area contributed by atoms with Crippen LogP contribution in [0.2, 0.25) is 0 Å². The van der Waals surface area contributed by atoms with E-state index in [1.165, 1.54) is 23.9 Å². The number of amides is 1. The van der Waals surface area contributed by atoms with Crippen molar-refractivity contribution in [2.24, 2.45) is 0 Å². The summed E-state index contributed by atoms with van der Waals surface area (Å²) in [6.07, 6.45) is 0. The minimum absolute atomic E-state index is 0.0708. The van der Waals surface area contributed by atoms with Crippen molar-refractivity contribution in [3.8, 4) is 10.7 Å². The van der Waals surface area contributed by atoms with Gasteiger partial charge in [0.25, 0.3) is 5.69 Å². The molecule has 0 bridgehead atoms. The van der Waals surface area contributed by atoms with E-state index in [0.717, 1.165) is 10.7 Å². The van der Waals surface area contributed by atoms with E-state index in [1.807, 2.05) is 35.9 Å². The fraction of sp³-hybridized carbons (Fsp3) is 0.235. The van der Waals surface area contributed by atoms with Gasteiger partial charge in [-0.1, -0.05) is 30.0 Å². The van der Waals surface area contributed by atoms with Crippen molar-refractivity contribution in [2.45, 2.75) is 25.0 Å². The number of rotatable bonds is 7. The maximum absolute atomic E-state index is 12.3. The van der Waals surface area contributed by atoms with Crippen LogP contribution >= 0.6 is 23.1 Å². The molecule has 0 aliphatic carbocycles. The lowest BCUT2D eigenvalue weighted by atomic mass is 10.2. The zero-order chi connectivity index (χ0) is 19.4. The molecule has 0 fully saturated rings. The van der Waals surface area contributed by atoms with E-state index in [1.54, 1.807) is 23.5 Å². The quantitative estimate of drug-likeness (QED) is 0.360. The van der Waals surface area contributed by atoms with Gasteiger partial charge in [-0.15, -0.1) is 21.5 Å². The average molecular weight is 403 g/mol. The van der Waals surface area contributed by atoms with Crippen LogP contribution < -0.4 is 5.32 Å². The first-order valence-electron chi connectivity index (χ1n) is 8.12. The third kappa shape index (κ3) is 4.34. The number of aromatic nitrogens is 3. The predicted molar refractivity (Wildman–Crippen MR) is 106 cm³/mol. The van der Waals surface area contributed by atoms with Crippen LogP contribution in [-0.4, -0.2) is 31.3 Å². The zero-order valence-electron chi connectivity index (χ0n) is 14.7. The van der Waals surface area contributed by atoms with Gasteiger partial charge in [0.2, 0.25) is 5.91 Å². The molecule has 2 aromatic heterocycles. The molecule has 10 heteroatoms. The molecule has 0 aliphatic heterocycles. The van der Waals surface area contributed by atoms with E-state index >= 15 is 0 Å². The van der Waals surface area contributed by atoms with Gasteiger partial charge in [0.15, 0.2) is 11.0 Å². The van der Waals surface area contributed by atoms with Gasteiger partial charge in [-0.25, -0.2) is 0 Å². The number of nitrogens with zero attached hydrogens (tertiary/aromatic N) is 4. The van der Waals surface area contributed by atoms with Crippen LogP contribution in [0.3, 0.4) is 0 Å². The molecule has 0 atom stereocenters. The van der Waals surface area contributed by atoms with E-state index in [4.69, 9.17) is 0 Å². The van der Waals surface area contributed by atoms with Crippen molar-refractivity contribution in [1.29, 1.82) is 0 Å². The molecule has 3 aromatic rings. The molecule has 0 unspecified atom stereocenters. The Balaban J connectivity index is 1.72. The van der Waals surface area contributed by atoms with Crippen LogP contribution in [0.15, 0.2) is 46.9 Å². The van der Waals surface area contributed by atoms with Crippen LogP contribution in [-0.2, 0) is 4.79 Å². The molecular formula is C17H17N5O3S2. The number of thioether (sulfide) groups is 1. The highest BCUT2D eigenvalue weighted by atomic mass is 32.2. The van der Waals surface area contributed by atoms with Crippen LogP contribution in [0.1, 0.15) is 19.9 Å². The second-order valence-electron chi connectivity index (χ2n) is 5.86. The fourth-order valence-corrected chi connectivity index (χ4v) is 4.04. The summed E-state index contributed by atoms with van der Waals surface area (Å²) < 4.78 is 1.98. The number of hydrogen-bond acceptors (Lipinski definition) is 7. The fourth-order valence-electron chi connectivity index (χ4n) is 2.47. The van der Waals surface area contributed by atoms with Gasteiger partial charge in [0.05, 0.1) is 15.6 Å². The molecule has 2 heterocycles. The van der Waals surface area contributed by atoms with Crippen molar-refractivity contribution >= 4 is 40.4 Å². The summed E-state index contributed by atoms with van der Waals surface area (Å²) >= 11 is 2.82. The average Bonchev–Trinajstić information content (AvgIpc) is 3.29. The highest BCUT2D eigenvalue weighted by Crippen LogP contribution is 2.30. The number of para-hydroxylation sites is 2. The summed E-state index contributed by atoms with van der Waals surface area (Å²) in [6, 6.07) is 10.1. The molecule has 0 radical (unpaired) electrons. The number of nitrogens with one attached hydrogen (secondary N) is 1. The molecule has 0 spiro atoms. The molecule has 1 aromatic carbocycles. The number of carbonyl (C=O) groups is 1. The predicted octanol–water partition coefficient (Wildman–Crippen LogP) is 4.23. The van der Waals surface area contributed by atoms with Gasteiger partial charge in [-0.05, 0) is 31.4 Å². The van der Waals surface area contributed by atoms with Crippen molar-refractivity contribution in [3.63, 3.8) is 0 Å². The number of anilines is 1. The molecule has 1 amide bonds. The lowest BCUT2D eigenvalue weighted by Crippen LogP contribution is -2.16. The minimum atomic E-state index is -0.522. The molecule has 140 valence electrons. The normalized spacial score (nSPS) is 10.9. The van der Waals surface area contributed by atoms with E-state index < -0.39 is 4.92 Å². The number of nitro benzene ring substituents is 1. The first-order chi connectivity index (χ1) is 13.0. The summed E-state index contributed by atoms with van der Waals surface area (Å²) in [4.78, 5) is 23.8. The maximum Gasteiger partial charge on any atom is 0.292 e. The standard InChI is InChI=1S/C17H17N5O3S2/c1-11(2)21-16(14-8-5-9-26-14)19-20-17(21)27-10-15(23)18-12-6-3-4-7-13(12)22(24)25/h3-9,11H,10H2,1-2H3,(H,18,23). The number of benzene rings is 1. The van der Waals surface area contributed by atoms with Crippen LogP contribution in [0.4, 0.5) is 11.4 Å². The first kappa shape index (κ1) is 19.1. The Morgan fingerprint density at radius 1 is 1.30 bits per heavy atom. The Labute approximate surface area is 163 Å². The van der Waals surface area contributed by atoms with E-state index in [2.05, 4.69) is 15.5 Å². The van der Waals surface area contributed by atoms with Crippen molar-refractivity contribution < 1.29 is 9.72 Å². The lowest BCUT2D eigenvalue weighted by molar-refractivity contribution is -0.383. The Bertz CT molecular complexity index is 953. The number of hydrogen-bond donors (Lipinski definition) is 1. The van der Waals surface area contributed by atoms with Crippen LogP contribution in [0.5, 0.6) is 0 Å². The first-order valence-corrected chi connectivity index (χ1v) is 9.98. The SMILES string of the molecule is CC(C)n1c(SCC(=O)Nc2ccccc2[N+](=O)[O-])nnc1-c1cccs1. The van der Waals surface area contributed by atoms with E-state index in [0.29, 0.717) is 5.16 Å². The van der Waals surface area contributed by atoms with Gasteiger partial charge in [-0.3, -0.25) is 19.5 Å². The van der Waals surface area contributed by atoms with Gasteiger partial charge in [0, 0.05) is 12.1 Å². The number of nitro groups is 1. The summed E-state index contributed by atoms with van der Waals surface area (Å²) in [5, 5.41) is 24.7. The van der Waals surface area contributed by atoms with Crippen molar-refractivity contribution in [1.82, 2.24) is 14.8 Å². The monoisotopic (exact) mass is 403 g/mol. The van der Waals surface area contributed by atoms with Crippen LogP contribution in [0.25, 0.3) is 10.7 Å². The Kier molecular flexibility index (Phi) is 5.87. The molecular weight excluding hydrogens is 386 g/mol. The Hall–Kier alpha value is -2.72. The number of carbonyl (C=O) groups excluding carboxylic acids is 1. The topological polar surface area (TPSA) is 103 Å². The zero-order valence-corrected chi connectivity index (χ0v) is 16.3. The molecule has 8 nitrogen and oxygen atoms in total. The Morgan fingerprint density at radius 2 is 2.07 bits per heavy atom. The Morgan fingerprint density at radius 3 is 2.74 bits per heavy atom. The molecule has 0 aliphatic rings. The summed E-state index contributed by atoms with van der Waals surface area (Å²) in [6.45, 7) is 4.05. The molecule has 1 N–H and O–H groups in total. The third-order valence-corrected chi connectivity index (χ3v) is 5.44. The van der Waals surface area contributed by atoms with Crippen LogP contribution in [0, 0.1) is 10.1 Å². The van der Waals surface area contributed by atoms with Gasteiger partial charge in [0.1, 0.15) is 5.69 Å². The summed E-state index contributed by atoms with van der Waals surface area (Å²) in [5.74, 6) is 0.494. The highest BCUT2D eigenvalue weighted by molar-refractivity contribution is 7.99. The smallest absolute Gasteiger partial charge is 0.292 e. The van der Waals surface area contributed by atoms with Crippen molar-refractivity contribution in [2.75, 3.05) is 11.1 Å². The lowest BCUT2D eigenvalue weighted by Gasteiger charge is -2.13. The minimum Gasteiger partial charge on any atom is -0.320 e.